The van der Waals surface area contributed by atoms with Crippen molar-refractivity contribution in [3.63, 3.8) is 0 Å². The van der Waals surface area contributed by atoms with Gasteiger partial charge in [0.1, 0.15) is 12.4 Å². The number of hydrogen-bond donors (Lipinski definition) is 1. The van der Waals surface area contributed by atoms with Crippen molar-refractivity contribution < 1.29 is 4.74 Å². The van der Waals surface area contributed by atoms with Crippen LogP contribution in [0.25, 0.3) is 0 Å². The largest absolute Gasteiger partial charge is 0.492 e. The molecule has 0 atom stereocenters. The SMILES string of the molecule is CC(C)c1ccc(OCCNc2ccccc2)cc1. The van der Waals surface area contributed by atoms with Gasteiger partial charge in [-0.3, -0.25) is 0 Å². The van der Waals surface area contributed by atoms with Crippen molar-refractivity contribution in [1.29, 1.82) is 0 Å². The summed E-state index contributed by atoms with van der Waals surface area (Å²) in [6.45, 7) is 5.85. The smallest absolute Gasteiger partial charge is 0.119 e. The molecule has 2 heteroatoms. The fourth-order valence-corrected chi connectivity index (χ4v) is 1.87. The van der Waals surface area contributed by atoms with Gasteiger partial charge in [-0.25, -0.2) is 0 Å². The Kier molecular flexibility index (Phi) is 4.85. The van der Waals surface area contributed by atoms with Gasteiger partial charge in [0.15, 0.2) is 0 Å². The van der Waals surface area contributed by atoms with Gasteiger partial charge in [0.25, 0.3) is 0 Å². The Labute approximate surface area is 115 Å². The number of nitrogens with one attached hydrogen (secondary N) is 1. The topological polar surface area (TPSA) is 21.3 Å². The lowest BCUT2D eigenvalue weighted by molar-refractivity contribution is 0.333. The van der Waals surface area contributed by atoms with E-state index in [0.29, 0.717) is 12.5 Å². The van der Waals surface area contributed by atoms with E-state index in [-0.39, 0.29) is 0 Å². The van der Waals surface area contributed by atoms with Gasteiger partial charge in [-0.1, -0.05) is 44.2 Å². The van der Waals surface area contributed by atoms with Gasteiger partial charge >= 0.3 is 0 Å². The first-order valence-electron chi connectivity index (χ1n) is 6.77. The molecule has 2 aromatic carbocycles. The van der Waals surface area contributed by atoms with Crippen LogP contribution in [0.1, 0.15) is 25.3 Å². The molecule has 0 aliphatic carbocycles. The summed E-state index contributed by atoms with van der Waals surface area (Å²) in [7, 11) is 0. The predicted molar refractivity (Wildman–Crippen MR) is 81.0 cm³/mol. The number of anilines is 1. The van der Waals surface area contributed by atoms with Crippen LogP contribution in [0, 0.1) is 0 Å². The molecule has 0 aromatic heterocycles. The van der Waals surface area contributed by atoms with E-state index in [1.54, 1.807) is 0 Å². The Morgan fingerprint density at radius 2 is 1.63 bits per heavy atom. The number of hydrogen-bond acceptors (Lipinski definition) is 2. The highest BCUT2D eigenvalue weighted by Gasteiger charge is 1.99. The molecule has 0 aliphatic rings. The van der Waals surface area contributed by atoms with Crippen LogP contribution in [0.3, 0.4) is 0 Å². The second kappa shape index (κ2) is 6.83. The lowest BCUT2D eigenvalue weighted by atomic mass is 10.0. The summed E-state index contributed by atoms with van der Waals surface area (Å²) in [5.74, 6) is 1.49. The van der Waals surface area contributed by atoms with Gasteiger partial charge in [0.2, 0.25) is 0 Å². The van der Waals surface area contributed by atoms with E-state index in [9.17, 15) is 0 Å². The molecule has 0 radical (unpaired) electrons. The molecule has 0 amide bonds. The molecule has 0 saturated heterocycles. The summed E-state index contributed by atoms with van der Waals surface area (Å²) in [4.78, 5) is 0. The molecule has 0 saturated carbocycles. The van der Waals surface area contributed by atoms with Crippen LogP contribution in [0.2, 0.25) is 0 Å². The first-order valence-corrected chi connectivity index (χ1v) is 6.77. The van der Waals surface area contributed by atoms with Gasteiger partial charge in [-0.05, 0) is 35.7 Å². The highest BCUT2D eigenvalue weighted by Crippen LogP contribution is 2.18. The lowest BCUT2D eigenvalue weighted by Crippen LogP contribution is -2.11. The third-order valence-corrected chi connectivity index (χ3v) is 3.02. The minimum absolute atomic E-state index is 0.564. The predicted octanol–water partition coefficient (Wildman–Crippen LogP) is 4.30. The summed E-state index contributed by atoms with van der Waals surface area (Å²) in [5.41, 5.74) is 2.47. The third-order valence-electron chi connectivity index (χ3n) is 3.02. The van der Waals surface area contributed by atoms with Crippen molar-refractivity contribution in [2.75, 3.05) is 18.5 Å². The Bertz CT molecular complexity index is 476. The Hall–Kier alpha value is -1.96. The molecular formula is C17H21NO. The van der Waals surface area contributed by atoms with Crippen molar-refractivity contribution >= 4 is 5.69 Å². The maximum absolute atomic E-state index is 5.70. The van der Waals surface area contributed by atoms with E-state index >= 15 is 0 Å². The van der Waals surface area contributed by atoms with Crippen molar-refractivity contribution in [3.8, 4) is 5.75 Å². The molecule has 2 rings (SSSR count). The van der Waals surface area contributed by atoms with Crippen LogP contribution in [-0.2, 0) is 0 Å². The number of para-hydroxylation sites is 1. The van der Waals surface area contributed by atoms with E-state index < -0.39 is 0 Å². The van der Waals surface area contributed by atoms with E-state index in [2.05, 4.69) is 43.4 Å². The molecule has 1 N–H and O–H groups in total. The molecule has 0 bridgehead atoms. The normalized spacial score (nSPS) is 10.5. The average molecular weight is 255 g/mol. The quantitative estimate of drug-likeness (QED) is 0.777. The number of rotatable bonds is 6. The third kappa shape index (κ3) is 4.32. The molecule has 2 nitrogen and oxygen atoms in total. The zero-order chi connectivity index (χ0) is 13.5. The molecule has 0 unspecified atom stereocenters. The van der Waals surface area contributed by atoms with E-state index in [1.807, 2.05) is 30.3 Å². The van der Waals surface area contributed by atoms with Crippen LogP contribution in [0.5, 0.6) is 5.75 Å². The molecular weight excluding hydrogens is 234 g/mol. The second-order valence-electron chi connectivity index (χ2n) is 4.86. The Balaban J connectivity index is 1.74. The molecule has 0 spiro atoms. The van der Waals surface area contributed by atoms with Crippen LogP contribution >= 0.6 is 0 Å². The number of benzene rings is 2. The molecule has 0 fully saturated rings. The summed E-state index contributed by atoms with van der Waals surface area (Å²) in [6.07, 6.45) is 0. The molecule has 100 valence electrons. The van der Waals surface area contributed by atoms with Gasteiger partial charge in [-0.15, -0.1) is 0 Å². The first-order chi connectivity index (χ1) is 9.25. The molecule has 2 aromatic rings. The van der Waals surface area contributed by atoms with Gasteiger partial charge in [-0.2, -0.15) is 0 Å². The van der Waals surface area contributed by atoms with Crippen LogP contribution < -0.4 is 10.1 Å². The maximum atomic E-state index is 5.70. The fraction of sp³-hybridized carbons (Fsp3) is 0.294. The van der Waals surface area contributed by atoms with Crippen molar-refractivity contribution in [3.05, 3.63) is 60.2 Å². The zero-order valence-electron chi connectivity index (χ0n) is 11.6. The van der Waals surface area contributed by atoms with E-state index in [0.717, 1.165) is 18.0 Å². The van der Waals surface area contributed by atoms with E-state index in [1.165, 1.54) is 5.56 Å². The summed E-state index contributed by atoms with van der Waals surface area (Å²) in [5, 5.41) is 3.32. The van der Waals surface area contributed by atoms with Crippen LogP contribution in [-0.4, -0.2) is 13.2 Å². The molecule has 0 aliphatic heterocycles. The van der Waals surface area contributed by atoms with Crippen LogP contribution in [0.4, 0.5) is 5.69 Å². The highest BCUT2D eigenvalue weighted by atomic mass is 16.5. The second-order valence-corrected chi connectivity index (χ2v) is 4.86. The summed E-state index contributed by atoms with van der Waals surface area (Å²) >= 11 is 0. The molecule has 19 heavy (non-hydrogen) atoms. The minimum Gasteiger partial charge on any atom is -0.492 e. The lowest BCUT2D eigenvalue weighted by Gasteiger charge is -2.10. The first kappa shape index (κ1) is 13.5. The van der Waals surface area contributed by atoms with Gasteiger partial charge < -0.3 is 10.1 Å². The fourth-order valence-electron chi connectivity index (χ4n) is 1.87. The van der Waals surface area contributed by atoms with Crippen molar-refractivity contribution in [2.45, 2.75) is 19.8 Å². The van der Waals surface area contributed by atoms with E-state index in [4.69, 9.17) is 4.74 Å². The number of ether oxygens (including phenoxy) is 1. The summed E-state index contributed by atoms with van der Waals surface area (Å²) in [6, 6.07) is 18.5. The summed E-state index contributed by atoms with van der Waals surface area (Å²) < 4.78 is 5.70. The minimum atomic E-state index is 0.564. The van der Waals surface area contributed by atoms with Gasteiger partial charge in [0.05, 0.1) is 0 Å². The molecule has 0 heterocycles. The highest BCUT2D eigenvalue weighted by molar-refractivity contribution is 5.42. The van der Waals surface area contributed by atoms with Gasteiger partial charge in [0, 0.05) is 12.2 Å². The average Bonchev–Trinajstić information content (AvgIpc) is 2.45. The zero-order valence-corrected chi connectivity index (χ0v) is 11.6. The van der Waals surface area contributed by atoms with Crippen molar-refractivity contribution in [1.82, 2.24) is 0 Å². The monoisotopic (exact) mass is 255 g/mol. The van der Waals surface area contributed by atoms with Crippen LogP contribution in [0.15, 0.2) is 54.6 Å². The maximum Gasteiger partial charge on any atom is 0.119 e. The Morgan fingerprint density at radius 1 is 0.947 bits per heavy atom. The standard InChI is InChI=1S/C17H21NO/c1-14(2)15-8-10-17(11-9-15)19-13-12-18-16-6-4-3-5-7-16/h3-11,14,18H,12-13H2,1-2H3. The van der Waals surface area contributed by atoms with Crippen molar-refractivity contribution in [2.24, 2.45) is 0 Å². The Morgan fingerprint density at radius 3 is 2.26 bits per heavy atom.